The Morgan fingerprint density at radius 1 is 0.630 bits per heavy atom. The van der Waals surface area contributed by atoms with E-state index in [9.17, 15) is 0 Å². The van der Waals surface area contributed by atoms with Crippen molar-refractivity contribution >= 4 is 0 Å². The van der Waals surface area contributed by atoms with Gasteiger partial charge in [0.1, 0.15) is 23.9 Å². The summed E-state index contributed by atoms with van der Waals surface area (Å²) in [6.45, 7) is 10.3. The molecule has 1 aliphatic rings. The third-order valence-electron chi connectivity index (χ3n) is 9.15. The zero-order chi connectivity index (χ0) is 31.8. The van der Waals surface area contributed by atoms with E-state index in [4.69, 9.17) is 14.2 Å². The molecule has 0 amide bonds. The minimum atomic E-state index is 0.178. The van der Waals surface area contributed by atoms with E-state index in [1.165, 1.54) is 81.3 Å². The lowest BCUT2D eigenvalue weighted by Crippen LogP contribution is -2.27. The first-order valence-electron chi connectivity index (χ1n) is 17.7. The first kappa shape index (κ1) is 33.6. The molecule has 0 spiro atoms. The van der Waals surface area contributed by atoms with Crippen LogP contribution < -0.4 is 14.2 Å². The predicted octanol–water partition coefficient (Wildman–Crippen LogP) is 10.4. The van der Waals surface area contributed by atoms with Gasteiger partial charge in [-0.3, -0.25) is 0 Å². The van der Waals surface area contributed by atoms with Gasteiger partial charge in [-0.25, -0.2) is 0 Å². The molecule has 244 valence electrons. The Morgan fingerprint density at radius 2 is 1.28 bits per heavy atom. The van der Waals surface area contributed by atoms with E-state index in [0.29, 0.717) is 13.2 Å². The van der Waals surface area contributed by atoms with Crippen LogP contribution in [0.3, 0.4) is 0 Å². The van der Waals surface area contributed by atoms with Gasteiger partial charge < -0.3 is 19.1 Å². The molecular formula is C42H53NO3. The fourth-order valence-corrected chi connectivity index (χ4v) is 6.47. The van der Waals surface area contributed by atoms with Crippen molar-refractivity contribution in [1.29, 1.82) is 0 Å². The quantitative estimate of drug-likeness (QED) is 0.0977. The Labute approximate surface area is 277 Å². The SMILES string of the molecule is CCCCN(CCCC)CCCCCCOc1ccc(C2c3ccc(OCc4ccccc4)cc3OCC2c2ccccc2)cc1. The van der Waals surface area contributed by atoms with Crippen LogP contribution in [0.15, 0.2) is 103 Å². The maximum Gasteiger partial charge on any atom is 0.126 e. The number of fused-ring (bicyclic) bond motifs is 1. The van der Waals surface area contributed by atoms with Crippen molar-refractivity contribution in [3.8, 4) is 17.2 Å². The van der Waals surface area contributed by atoms with Crippen molar-refractivity contribution in [3.05, 3.63) is 125 Å². The summed E-state index contributed by atoms with van der Waals surface area (Å²) in [5.74, 6) is 3.08. The van der Waals surface area contributed by atoms with Crippen molar-refractivity contribution in [2.75, 3.05) is 32.8 Å². The summed E-state index contributed by atoms with van der Waals surface area (Å²) in [6.07, 6.45) is 10.1. The summed E-state index contributed by atoms with van der Waals surface area (Å²) in [7, 11) is 0. The van der Waals surface area contributed by atoms with Gasteiger partial charge in [-0.15, -0.1) is 0 Å². The third kappa shape index (κ3) is 9.87. The number of rotatable bonds is 19. The van der Waals surface area contributed by atoms with Crippen LogP contribution in [0.1, 0.15) is 99.3 Å². The zero-order valence-electron chi connectivity index (χ0n) is 28.0. The fourth-order valence-electron chi connectivity index (χ4n) is 6.47. The van der Waals surface area contributed by atoms with Crippen LogP contribution in [0.2, 0.25) is 0 Å². The van der Waals surface area contributed by atoms with Gasteiger partial charge in [-0.05, 0) is 80.2 Å². The summed E-state index contributed by atoms with van der Waals surface area (Å²) in [4.78, 5) is 2.67. The molecule has 46 heavy (non-hydrogen) atoms. The minimum Gasteiger partial charge on any atom is -0.494 e. The highest BCUT2D eigenvalue weighted by atomic mass is 16.5. The fraction of sp³-hybridized carbons (Fsp3) is 0.429. The molecule has 4 aromatic rings. The molecule has 0 saturated carbocycles. The Balaban J connectivity index is 1.17. The number of benzene rings is 4. The van der Waals surface area contributed by atoms with E-state index in [0.717, 1.165) is 35.8 Å². The summed E-state index contributed by atoms with van der Waals surface area (Å²) < 4.78 is 18.7. The summed E-state index contributed by atoms with van der Waals surface area (Å²) in [5.41, 5.74) is 4.92. The molecule has 2 unspecified atom stereocenters. The van der Waals surface area contributed by atoms with E-state index in [2.05, 4.69) is 104 Å². The van der Waals surface area contributed by atoms with Crippen LogP contribution in [0.5, 0.6) is 17.2 Å². The van der Waals surface area contributed by atoms with Gasteiger partial charge in [-0.2, -0.15) is 0 Å². The lowest BCUT2D eigenvalue weighted by molar-refractivity contribution is 0.245. The van der Waals surface area contributed by atoms with Gasteiger partial charge in [0.25, 0.3) is 0 Å². The Morgan fingerprint density at radius 3 is 2.00 bits per heavy atom. The van der Waals surface area contributed by atoms with Gasteiger partial charge >= 0.3 is 0 Å². The van der Waals surface area contributed by atoms with Crippen molar-refractivity contribution in [2.24, 2.45) is 0 Å². The lowest BCUT2D eigenvalue weighted by atomic mass is 9.76. The normalized spacial score (nSPS) is 15.7. The van der Waals surface area contributed by atoms with Crippen LogP contribution in [0, 0.1) is 0 Å². The zero-order valence-corrected chi connectivity index (χ0v) is 28.0. The molecule has 4 nitrogen and oxygen atoms in total. The van der Waals surface area contributed by atoms with Crippen molar-refractivity contribution in [2.45, 2.75) is 83.7 Å². The number of unbranched alkanes of at least 4 members (excludes halogenated alkanes) is 5. The average molecular weight is 620 g/mol. The molecule has 1 aliphatic heterocycles. The molecule has 0 radical (unpaired) electrons. The van der Waals surface area contributed by atoms with Crippen LogP contribution in [-0.4, -0.2) is 37.7 Å². The molecule has 0 saturated heterocycles. The number of hydrogen-bond acceptors (Lipinski definition) is 4. The topological polar surface area (TPSA) is 30.9 Å². The molecule has 0 N–H and O–H groups in total. The molecule has 0 aromatic heterocycles. The van der Waals surface area contributed by atoms with Gasteiger partial charge in [0, 0.05) is 23.5 Å². The monoisotopic (exact) mass is 619 g/mol. The molecule has 2 atom stereocenters. The number of nitrogens with zero attached hydrogens (tertiary/aromatic N) is 1. The molecule has 4 aromatic carbocycles. The molecule has 1 heterocycles. The third-order valence-corrected chi connectivity index (χ3v) is 9.15. The van der Waals surface area contributed by atoms with E-state index in [-0.39, 0.29) is 11.8 Å². The Hall–Kier alpha value is -3.76. The first-order chi connectivity index (χ1) is 22.7. The second-order valence-electron chi connectivity index (χ2n) is 12.7. The molecule has 0 fully saturated rings. The second kappa shape index (κ2) is 18.4. The molecule has 0 bridgehead atoms. The average Bonchev–Trinajstić information content (AvgIpc) is 3.11. The highest BCUT2D eigenvalue weighted by Gasteiger charge is 2.33. The van der Waals surface area contributed by atoms with Crippen LogP contribution in [-0.2, 0) is 6.61 Å². The molecular weight excluding hydrogens is 566 g/mol. The maximum atomic E-state index is 6.39. The van der Waals surface area contributed by atoms with Crippen LogP contribution >= 0.6 is 0 Å². The lowest BCUT2D eigenvalue weighted by Gasteiger charge is -2.34. The molecule has 5 rings (SSSR count). The number of hydrogen-bond donors (Lipinski definition) is 0. The molecule has 4 heteroatoms. The van der Waals surface area contributed by atoms with Crippen molar-refractivity contribution in [1.82, 2.24) is 4.90 Å². The van der Waals surface area contributed by atoms with Gasteiger partial charge in [0.2, 0.25) is 0 Å². The van der Waals surface area contributed by atoms with E-state index in [1.54, 1.807) is 0 Å². The Kier molecular flexibility index (Phi) is 13.4. The summed E-state index contributed by atoms with van der Waals surface area (Å²) in [5, 5.41) is 0. The Bertz CT molecular complexity index is 1400. The van der Waals surface area contributed by atoms with Crippen molar-refractivity contribution in [3.63, 3.8) is 0 Å². The number of ether oxygens (including phenoxy) is 3. The second-order valence-corrected chi connectivity index (χ2v) is 12.7. The highest BCUT2D eigenvalue weighted by molar-refractivity contribution is 5.51. The maximum absolute atomic E-state index is 6.39. The van der Waals surface area contributed by atoms with Gasteiger partial charge in [0.15, 0.2) is 0 Å². The minimum absolute atomic E-state index is 0.178. The standard InChI is InChI=1S/C42H53NO3/c1-3-5-27-43(28-6-4-2)29-15-7-8-16-30-44-37-23-21-36(22-24-37)42-39-26-25-38(45-32-34-17-11-9-12-18-34)31-41(39)46-33-40(42)35-19-13-10-14-20-35/h9-14,17-26,31,40,42H,3-8,15-16,27-30,32-33H2,1-2H3. The predicted molar refractivity (Wildman–Crippen MR) is 190 cm³/mol. The smallest absolute Gasteiger partial charge is 0.126 e. The largest absolute Gasteiger partial charge is 0.494 e. The van der Waals surface area contributed by atoms with Crippen LogP contribution in [0.4, 0.5) is 0 Å². The van der Waals surface area contributed by atoms with E-state index < -0.39 is 0 Å². The van der Waals surface area contributed by atoms with E-state index in [1.807, 2.05) is 18.2 Å². The van der Waals surface area contributed by atoms with Crippen LogP contribution in [0.25, 0.3) is 0 Å². The van der Waals surface area contributed by atoms with Crippen molar-refractivity contribution < 1.29 is 14.2 Å². The van der Waals surface area contributed by atoms with Gasteiger partial charge in [0.05, 0.1) is 13.2 Å². The van der Waals surface area contributed by atoms with Gasteiger partial charge in [-0.1, -0.05) is 118 Å². The molecule has 0 aliphatic carbocycles. The summed E-state index contributed by atoms with van der Waals surface area (Å²) in [6, 6.07) is 36.1. The van der Waals surface area contributed by atoms with E-state index >= 15 is 0 Å². The highest BCUT2D eigenvalue weighted by Crippen LogP contribution is 2.47. The first-order valence-corrected chi connectivity index (χ1v) is 17.7. The summed E-state index contributed by atoms with van der Waals surface area (Å²) >= 11 is 0.